The van der Waals surface area contributed by atoms with Crippen molar-refractivity contribution in [2.75, 3.05) is 25.4 Å². The molecule has 2 atom stereocenters. The lowest BCUT2D eigenvalue weighted by molar-refractivity contribution is -0.0882. The third-order valence-corrected chi connectivity index (χ3v) is 4.52. The van der Waals surface area contributed by atoms with Crippen LogP contribution in [0.25, 0.3) is 0 Å². The number of hydrogen-bond acceptors (Lipinski definition) is 3. The molecule has 100 valence electrons. The minimum Gasteiger partial charge on any atom is -0.375 e. The van der Waals surface area contributed by atoms with E-state index in [1.54, 1.807) is 0 Å². The van der Waals surface area contributed by atoms with Crippen molar-refractivity contribution in [3.8, 4) is 0 Å². The van der Waals surface area contributed by atoms with Gasteiger partial charge in [0, 0.05) is 12.6 Å². The molecule has 0 bridgehead atoms. The van der Waals surface area contributed by atoms with Gasteiger partial charge >= 0.3 is 0 Å². The molecule has 0 radical (unpaired) electrons. The Morgan fingerprint density at radius 3 is 2.76 bits per heavy atom. The summed E-state index contributed by atoms with van der Waals surface area (Å²) in [6.07, 6.45) is 11.3. The van der Waals surface area contributed by atoms with E-state index < -0.39 is 0 Å². The summed E-state index contributed by atoms with van der Waals surface area (Å²) in [5.41, 5.74) is 0. The fraction of sp³-hybridized carbons (Fsp3) is 1.00. The van der Waals surface area contributed by atoms with Crippen molar-refractivity contribution in [2.24, 2.45) is 0 Å². The fourth-order valence-electron chi connectivity index (χ4n) is 3.23. The monoisotopic (exact) mass is 257 g/mol. The first-order valence-electron chi connectivity index (χ1n) is 7.38. The van der Waals surface area contributed by atoms with Crippen LogP contribution in [0.5, 0.6) is 0 Å². The predicted octanol–water partition coefficient (Wildman–Crippen LogP) is 3.12. The van der Waals surface area contributed by atoms with Crippen LogP contribution in [0.4, 0.5) is 0 Å². The van der Waals surface area contributed by atoms with Crippen molar-refractivity contribution in [1.82, 2.24) is 4.90 Å². The van der Waals surface area contributed by atoms with Gasteiger partial charge < -0.3 is 4.74 Å². The maximum atomic E-state index is 5.91. The predicted molar refractivity (Wildman–Crippen MR) is 75.9 cm³/mol. The summed E-state index contributed by atoms with van der Waals surface area (Å²) in [5, 5.41) is 0. The van der Waals surface area contributed by atoms with Crippen LogP contribution in [0.1, 0.15) is 51.4 Å². The van der Waals surface area contributed by atoms with Crippen LogP contribution in [0.2, 0.25) is 0 Å². The average molecular weight is 257 g/mol. The number of thiol groups is 1. The normalized spacial score (nSPS) is 30.2. The number of rotatable bonds is 6. The standard InChI is InChI=1S/C14H27NOS/c17-12-6-2-1-5-9-15-10-11-16-14-8-4-3-7-13(14)15/h13-14,17H,1-12H2. The number of fused-ring (bicyclic) bond motifs is 1. The van der Waals surface area contributed by atoms with Crippen molar-refractivity contribution in [3.05, 3.63) is 0 Å². The van der Waals surface area contributed by atoms with E-state index in [0.717, 1.165) is 24.9 Å². The minimum atomic E-state index is 0.551. The molecule has 2 fully saturated rings. The summed E-state index contributed by atoms with van der Waals surface area (Å²) in [7, 11) is 0. The molecule has 1 saturated heterocycles. The first-order chi connectivity index (χ1) is 8.42. The maximum Gasteiger partial charge on any atom is 0.0730 e. The first-order valence-corrected chi connectivity index (χ1v) is 8.01. The summed E-state index contributed by atoms with van der Waals surface area (Å²) in [6.45, 7) is 3.41. The van der Waals surface area contributed by atoms with E-state index in [2.05, 4.69) is 17.5 Å². The number of nitrogens with zero attached hydrogens (tertiary/aromatic N) is 1. The number of hydrogen-bond donors (Lipinski definition) is 1. The highest BCUT2D eigenvalue weighted by molar-refractivity contribution is 7.80. The molecule has 1 aliphatic carbocycles. The lowest BCUT2D eigenvalue weighted by Gasteiger charge is -2.43. The zero-order chi connectivity index (χ0) is 11.9. The number of ether oxygens (including phenoxy) is 1. The summed E-state index contributed by atoms with van der Waals surface area (Å²) >= 11 is 4.26. The largest absolute Gasteiger partial charge is 0.375 e. The van der Waals surface area contributed by atoms with E-state index in [9.17, 15) is 0 Å². The summed E-state index contributed by atoms with van der Waals surface area (Å²) < 4.78 is 5.91. The van der Waals surface area contributed by atoms with Crippen LogP contribution >= 0.6 is 12.6 Å². The quantitative estimate of drug-likeness (QED) is 0.580. The fourth-order valence-corrected chi connectivity index (χ4v) is 3.46. The van der Waals surface area contributed by atoms with Gasteiger partial charge in [0.15, 0.2) is 0 Å². The van der Waals surface area contributed by atoms with Gasteiger partial charge in [0.25, 0.3) is 0 Å². The molecule has 2 aliphatic rings. The van der Waals surface area contributed by atoms with Gasteiger partial charge in [-0.2, -0.15) is 12.6 Å². The van der Waals surface area contributed by atoms with Crippen LogP contribution in [0.15, 0.2) is 0 Å². The molecule has 0 aromatic carbocycles. The second-order valence-corrected chi connectivity index (χ2v) is 5.88. The molecule has 0 aromatic heterocycles. The summed E-state index contributed by atoms with van der Waals surface area (Å²) in [5.74, 6) is 1.04. The maximum absolute atomic E-state index is 5.91. The third kappa shape index (κ3) is 4.15. The van der Waals surface area contributed by atoms with E-state index in [1.165, 1.54) is 57.9 Å². The Labute approximate surface area is 112 Å². The SMILES string of the molecule is SCCCCCCN1CCOC2CCCCC21. The molecule has 2 rings (SSSR count). The molecule has 0 amide bonds. The van der Waals surface area contributed by atoms with Gasteiger partial charge in [-0.15, -0.1) is 0 Å². The van der Waals surface area contributed by atoms with Gasteiger partial charge in [-0.3, -0.25) is 4.90 Å². The second-order valence-electron chi connectivity index (χ2n) is 5.43. The average Bonchev–Trinajstić information content (AvgIpc) is 2.39. The summed E-state index contributed by atoms with van der Waals surface area (Å²) in [4.78, 5) is 2.70. The molecule has 0 spiro atoms. The second kappa shape index (κ2) is 7.65. The highest BCUT2D eigenvalue weighted by atomic mass is 32.1. The molecule has 1 aliphatic heterocycles. The molecule has 2 unspecified atom stereocenters. The van der Waals surface area contributed by atoms with Crippen molar-refractivity contribution in [2.45, 2.75) is 63.5 Å². The highest BCUT2D eigenvalue weighted by Crippen LogP contribution is 2.28. The molecule has 0 N–H and O–H groups in total. The molecule has 2 nitrogen and oxygen atoms in total. The van der Waals surface area contributed by atoms with E-state index >= 15 is 0 Å². The van der Waals surface area contributed by atoms with Crippen LogP contribution in [-0.2, 0) is 4.74 Å². The molecule has 3 heteroatoms. The Morgan fingerprint density at radius 1 is 1.06 bits per heavy atom. The molecular formula is C14H27NOS. The smallest absolute Gasteiger partial charge is 0.0730 e. The Morgan fingerprint density at radius 2 is 1.88 bits per heavy atom. The molecule has 17 heavy (non-hydrogen) atoms. The van der Waals surface area contributed by atoms with Crippen LogP contribution in [0, 0.1) is 0 Å². The number of morpholine rings is 1. The molecule has 0 aromatic rings. The van der Waals surface area contributed by atoms with E-state index in [-0.39, 0.29) is 0 Å². The van der Waals surface area contributed by atoms with Crippen LogP contribution in [0.3, 0.4) is 0 Å². The Hall–Kier alpha value is 0.270. The van der Waals surface area contributed by atoms with E-state index in [1.807, 2.05) is 0 Å². The van der Waals surface area contributed by atoms with Gasteiger partial charge in [-0.1, -0.05) is 25.7 Å². The Kier molecular flexibility index (Phi) is 6.16. The van der Waals surface area contributed by atoms with Crippen molar-refractivity contribution >= 4 is 12.6 Å². The van der Waals surface area contributed by atoms with Gasteiger partial charge in [-0.25, -0.2) is 0 Å². The molecule has 1 heterocycles. The Balaban J connectivity index is 1.67. The van der Waals surface area contributed by atoms with Gasteiger partial charge in [-0.05, 0) is 38.0 Å². The topological polar surface area (TPSA) is 12.5 Å². The highest BCUT2D eigenvalue weighted by Gasteiger charge is 2.33. The van der Waals surface area contributed by atoms with Crippen molar-refractivity contribution in [3.63, 3.8) is 0 Å². The zero-order valence-electron chi connectivity index (χ0n) is 10.9. The molecule has 1 saturated carbocycles. The zero-order valence-corrected chi connectivity index (χ0v) is 11.8. The van der Waals surface area contributed by atoms with Crippen LogP contribution < -0.4 is 0 Å². The van der Waals surface area contributed by atoms with Crippen molar-refractivity contribution < 1.29 is 4.74 Å². The van der Waals surface area contributed by atoms with Gasteiger partial charge in [0.05, 0.1) is 12.7 Å². The molecular weight excluding hydrogens is 230 g/mol. The van der Waals surface area contributed by atoms with Crippen LogP contribution in [-0.4, -0.2) is 42.5 Å². The lowest BCUT2D eigenvalue weighted by Crippen LogP contribution is -2.52. The van der Waals surface area contributed by atoms with Crippen molar-refractivity contribution in [1.29, 1.82) is 0 Å². The van der Waals surface area contributed by atoms with Gasteiger partial charge in [0.1, 0.15) is 0 Å². The third-order valence-electron chi connectivity index (χ3n) is 4.20. The summed E-state index contributed by atoms with van der Waals surface area (Å²) in [6, 6.07) is 0.738. The Bertz CT molecular complexity index is 210. The number of unbranched alkanes of at least 4 members (excludes halogenated alkanes) is 3. The van der Waals surface area contributed by atoms with Gasteiger partial charge in [0.2, 0.25) is 0 Å². The lowest BCUT2D eigenvalue weighted by atomic mass is 9.90. The first kappa shape index (κ1) is 13.7. The minimum absolute atomic E-state index is 0.551. The van der Waals surface area contributed by atoms with E-state index in [4.69, 9.17) is 4.74 Å². The van der Waals surface area contributed by atoms with E-state index in [0.29, 0.717) is 6.10 Å².